The van der Waals surface area contributed by atoms with Crippen LogP contribution in [0.15, 0.2) is 0 Å². The van der Waals surface area contributed by atoms with Crippen molar-refractivity contribution in [2.45, 2.75) is 97.2 Å². The van der Waals surface area contributed by atoms with Gasteiger partial charge in [-0.25, -0.2) is 0 Å². The molecule has 0 saturated carbocycles. The molecule has 0 rings (SSSR count). The van der Waals surface area contributed by atoms with Crippen LogP contribution in [-0.2, 0) is 0 Å². The van der Waals surface area contributed by atoms with E-state index in [0.717, 1.165) is 0 Å². The first-order chi connectivity index (χ1) is 8.06. The Labute approximate surface area is 112 Å². The van der Waals surface area contributed by atoms with E-state index in [-0.39, 0.29) is 0 Å². The largest absolute Gasteiger partial charge is 0.0693 e. The van der Waals surface area contributed by atoms with Gasteiger partial charge in [0.15, 0.2) is 0 Å². The Morgan fingerprint density at radius 1 is 0.647 bits per heavy atom. The van der Waals surface area contributed by atoms with Gasteiger partial charge in [0, 0.05) is 8.07 Å². The van der Waals surface area contributed by atoms with E-state index in [1.807, 2.05) is 0 Å². The van der Waals surface area contributed by atoms with E-state index in [4.69, 9.17) is 0 Å². The number of hydrogen-bond donors (Lipinski definition) is 0. The van der Waals surface area contributed by atoms with E-state index in [1.165, 1.54) is 70.6 Å². The van der Waals surface area contributed by atoms with Crippen LogP contribution < -0.4 is 0 Å². The van der Waals surface area contributed by atoms with Crippen molar-refractivity contribution in [3.8, 4) is 0 Å². The lowest BCUT2D eigenvalue weighted by Gasteiger charge is -2.14. The zero-order valence-electron chi connectivity index (χ0n) is 12.9. The first kappa shape index (κ1) is 17.2. The van der Waals surface area contributed by atoms with E-state index >= 15 is 0 Å². The Hall–Kier alpha value is 0.217. The van der Waals surface area contributed by atoms with Crippen molar-refractivity contribution in [1.82, 2.24) is 0 Å². The molecule has 0 fully saturated rings. The van der Waals surface area contributed by atoms with Crippen molar-refractivity contribution in [3.05, 3.63) is 6.04 Å². The molecule has 0 nitrogen and oxygen atoms in total. The van der Waals surface area contributed by atoms with E-state index in [1.54, 1.807) is 0 Å². The zero-order chi connectivity index (χ0) is 13.0. The summed E-state index contributed by atoms with van der Waals surface area (Å²) in [6, 6.07) is 2.61. The minimum atomic E-state index is -0.876. The van der Waals surface area contributed by atoms with Crippen LogP contribution in [-0.4, -0.2) is 8.07 Å². The van der Waals surface area contributed by atoms with Gasteiger partial charge in [0.2, 0.25) is 0 Å². The molecular formula is C16H35Si. The normalized spacial score (nSPS) is 12.0. The van der Waals surface area contributed by atoms with Crippen molar-refractivity contribution >= 4 is 8.07 Å². The highest BCUT2D eigenvalue weighted by Gasteiger charge is 2.11. The van der Waals surface area contributed by atoms with Crippen molar-refractivity contribution in [3.63, 3.8) is 0 Å². The Balaban J connectivity index is 2.99. The molecular weight excluding hydrogens is 220 g/mol. The molecule has 0 aliphatic heterocycles. The van der Waals surface area contributed by atoms with E-state index in [9.17, 15) is 0 Å². The third-order valence-electron chi connectivity index (χ3n) is 3.31. The SMILES string of the molecule is CCCCCCCCCCCC[CH][Si](C)(C)C. The average molecular weight is 256 g/mol. The Bertz CT molecular complexity index is 146. The monoisotopic (exact) mass is 255 g/mol. The van der Waals surface area contributed by atoms with Gasteiger partial charge in [-0.05, 0) is 6.04 Å². The maximum absolute atomic E-state index is 2.61. The molecule has 0 saturated heterocycles. The van der Waals surface area contributed by atoms with E-state index < -0.39 is 8.07 Å². The molecule has 0 heterocycles. The van der Waals surface area contributed by atoms with Crippen molar-refractivity contribution < 1.29 is 0 Å². The standard InChI is InChI=1S/C16H35Si/c1-5-6-7-8-9-10-11-12-13-14-15-16-17(2,3)4/h16H,5-15H2,1-4H3. The van der Waals surface area contributed by atoms with Gasteiger partial charge >= 0.3 is 0 Å². The highest BCUT2D eigenvalue weighted by atomic mass is 28.3. The fourth-order valence-electron chi connectivity index (χ4n) is 2.17. The van der Waals surface area contributed by atoms with Gasteiger partial charge in [0.05, 0.1) is 0 Å². The van der Waals surface area contributed by atoms with Gasteiger partial charge < -0.3 is 0 Å². The molecule has 0 aromatic heterocycles. The molecule has 0 amide bonds. The summed E-state index contributed by atoms with van der Waals surface area (Å²) in [5.41, 5.74) is 0. The lowest BCUT2D eigenvalue weighted by Crippen LogP contribution is -2.20. The minimum Gasteiger partial charge on any atom is -0.0693 e. The molecule has 17 heavy (non-hydrogen) atoms. The smallest absolute Gasteiger partial charge is 0.0473 e. The van der Waals surface area contributed by atoms with Crippen molar-refractivity contribution in [1.29, 1.82) is 0 Å². The van der Waals surface area contributed by atoms with Crippen LogP contribution in [0.2, 0.25) is 19.6 Å². The fourth-order valence-corrected chi connectivity index (χ4v) is 3.24. The van der Waals surface area contributed by atoms with Crippen LogP contribution in [0.5, 0.6) is 0 Å². The molecule has 1 radical (unpaired) electrons. The van der Waals surface area contributed by atoms with Gasteiger partial charge in [-0.2, -0.15) is 0 Å². The van der Waals surface area contributed by atoms with Crippen molar-refractivity contribution in [2.75, 3.05) is 0 Å². The van der Waals surface area contributed by atoms with Crippen LogP contribution in [0, 0.1) is 6.04 Å². The molecule has 0 aromatic carbocycles. The highest BCUT2D eigenvalue weighted by molar-refractivity contribution is 6.79. The Morgan fingerprint density at radius 3 is 1.47 bits per heavy atom. The molecule has 0 aromatic rings. The molecule has 103 valence electrons. The summed E-state index contributed by atoms with van der Waals surface area (Å²) < 4.78 is 0. The van der Waals surface area contributed by atoms with Gasteiger partial charge in [-0.1, -0.05) is 97.2 Å². The number of unbranched alkanes of at least 4 members (excludes halogenated alkanes) is 10. The summed E-state index contributed by atoms with van der Waals surface area (Å²) in [6.45, 7) is 9.59. The Kier molecular flexibility index (Phi) is 11.5. The van der Waals surface area contributed by atoms with Crippen molar-refractivity contribution in [2.24, 2.45) is 0 Å². The molecule has 0 unspecified atom stereocenters. The summed E-state index contributed by atoms with van der Waals surface area (Å²) in [6.07, 6.45) is 15.9. The second kappa shape index (κ2) is 11.3. The zero-order valence-corrected chi connectivity index (χ0v) is 13.9. The lowest BCUT2D eigenvalue weighted by atomic mass is 10.1. The topological polar surface area (TPSA) is 0 Å². The number of rotatable bonds is 12. The summed E-state index contributed by atoms with van der Waals surface area (Å²) in [7, 11) is -0.876. The number of hydrogen-bond acceptors (Lipinski definition) is 0. The minimum absolute atomic E-state index is 0.876. The van der Waals surface area contributed by atoms with Gasteiger partial charge in [-0.15, -0.1) is 0 Å². The second-order valence-electron chi connectivity index (χ2n) is 6.54. The van der Waals surface area contributed by atoms with Crippen LogP contribution in [0.1, 0.15) is 77.6 Å². The van der Waals surface area contributed by atoms with E-state index in [0.29, 0.717) is 0 Å². The molecule has 1 heteroatoms. The first-order valence-electron chi connectivity index (χ1n) is 7.90. The Morgan fingerprint density at radius 2 is 1.06 bits per heavy atom. The van der Waals surface area contributed by atoms with Crippen LogP contribution in [0.4, 0.5) is 0 Å². The predicted molar refractivity (Wildman–Crippen MR) is 84.1 cm³/mol. The summed E-state index contributed by atoms with van der Waals surface area (Å²) in [5.74, 6) is 0. The third-order valence-corrected chi connectivity index (χ3v) is 4.83. The molecule has 0 aliphatic carbocycles. The highest BCUT2D eigenvalue weighted by Crippen LogP contribution is 2.14. The quantitative estimate of drug-likeness (QED) is 0.280. The van der Waals surface area contributed by atoms with E-state index in [2.05, 4.69) is 32.6 Å². The van der Waals surface area contributed by atoms with Gasteiger partial charge in [0.25, 0.3) is 0 Å². The van der Waals surface area contributed by atoms with Gasteiger partial charge in [-0.3, -0.25) is 0 Å². The molecule has 0 N–H and O–H groups in total. The molecule has 0 atom stereocenters. The second-order valence-corrected chi connectivity index (χ2v) is 11.7. The van der Waals surface area contributed by atoms with Crippen LogP contribution in [0.25, 0.3) is 0 Å². The molecule has 0 aliphatic rings. The lowest BCUT2D eigenvalue weighted by molar-refractivity contribution is 0.556. The average Bonchev–Trinajstić information content (AvgIpc) is 2.24. The van der Waals surface area contributed by atoms with Gasteiger partial charge in [0.1, 0.15) is 0 Å². The maximum Gasteiger partial charge on any atom is 0.0473 e. The third kappa shape index (κ3) is 16.2. The van der Waals surface area contributed by atoms with Crippen LogP contribution >= 0.6 is 0 Å². The summed E-state index contributed by atoms with van der Waals surface area (Å²) >= 11 is 0. The first-order valence-corrected chi connectivity index (χ1v) is 11.5. The fraction of sp³-hybridized carbons (Fsp3) is 0.938. The summed E-state index contributed by atoms with van der Waals surface area (Å²) in [4.78, 5) is 0. The predicted octanol–water partition coefficient (Wildman–Crippen LogP) is 6.38. The maximum atomic E-state index is 2.61. The molecule has 0 spiro atoms. The summed E-state index contributed by atoms with van der Waals surface area (Å²) in [5, 5.41) is 0. The van der Waals surface area contributed by atoms with Crippen LogP contribution in [0.3, 0.4) is 0 Å². The molecule has 0 bridgehead atoms.